The summed E-state index contributed by atoms with van der Waals surface area (Å²) < 4.78 is 5.41. The first-order valence-corrected chi connectivity index (χ1v) is 10.6. The summed E-state index contributed by atoms with van der Waals surface area (Å²) in [6.45, 7) is 11.3. The zero-order valence-corrected chi connectivity index (χ0v) is 19.2. The van der Waals surface area contributed by atoms with Crippen molar-refractivity contribution in [3.8, 4) is 0 Å². The molecule has 3 N–H and O–H groups in total. The summed E-state index contributed by atoms with van der Waals surface area (Å²) in [4.78, 5) is 27.6. The van der Waals surface area contributed by atoms with Gasteiger partial charge < -0.3 is 20.0 Å². The molecule has 0 aliphatic rings. The molecule has 2 aromatic heterocycles. The van der Waals surface area contributed by atoms with Gasteiger partial charge in [-0.25, -0.2) is 0 Å². The van der Waals surface area contributed by atoms with Gasteiger partial charge in [0.2, 0.25) is 11.9 Å². The molecule has 1 aromatic carbocycles. The minimum Gasteiger partial charge on any atom is -0.399 e. The van der Waals surface area contributed by atoms with Crippen LogP contribution in [0, 0.1) is 13.8 Å². The van der Waals surface area contributed by atoms with Crippen molar-refractivity contribution in [3.63, 3.8) is 0 Å². The minimum absolute atomic E-state index is 0.0225. The van der Waals surface area contributed by atoms with Crippen LogP contribution in [0.1, 0.15) is 35.9 Å². The molecule has 11 nitrogen and oxygen atoms in total. The van der Waals surface area contributed by atoms with Crippen LogP contribution in [0.2, 0.25) is 5.02 Å². The van der Waals surface area contributed by atoms with Gasteiger partial charge in [-0.1, -0.05) is 42.7 Å². The van der Waals surface area contributed by atoms with Crippen LogP contribution in [0.5, 0.6) is 0 Å². The topological polar surface area (TPSA) is 134 Å². The molecule has 0 aliphatic carbocycles. The Morgan fingerprint density at radius 3 is 2.56 bits per heavy atom. The molecule has 1 amide bonds. The molecule has 0 aliphatic heterocycles. The molecule has 0 spiro atoms. The quantitative estimate of drug-likeness (QED) is 0.414. The fourth-order valence-corrected chi connectivity index (χ4v) is 3.17. The van der Waals surface area contributed by atoms with Crippen LogP contribution in [-0.4, -0.2) is 62.1 Å². The second-order valence-corrected chi connectivity index (χ2v) is 7.31. The Hall–Kier alpha value is -3.31. The maximum absolute atomic E-state index is 12.5. The number of rotatable bonds is 10. The van der Waals surface area contributed by atoms with E-state index in [-0.39, 0.29) is 17.9 Å². The summed E-state index contributed by atoms with van der Waals surface area (Å²) in [5, 5.41) is 16.7. The van der Waals surface area contributed by atoms with E-state index >= 15 is 0 Å². The van der Waals surface area contributed by atoms with Gasteiger partial charge in [-0.3, -0.25) is 10.1 Å². The second kappa shape index (κ2) is 10.8. The fraction of sp³-hybridized carbons (Fsp3) is 0.400. The molecule has 2 heterocycles. The van der Waals surface area contributed by atoms with Crippen LogP contribution in [-0.2, 0) is 0 Å². The Balaban J connectivity index is 1.64. The summed E-state index contributed by atoms with van der Waals surface area (Å²) >= 11 is 6.15. The highest BCUT2D eigenvalue weighted by molar-refractivity contribution is 6.34. The summed E-state index contributed by atoms with van der Waals surface area (Å²) in [6, 6.07) is 5.29. The molecule has 3 aromatic rings. The lowest BCUT2D eigenvalue weighted by molar-refractivity contribution is 0.0991. The summed E-state index contributed by atoms with van der Waals surface area (Å²) in [5.74, 6) is 0.362. The number of hydrogen-bond acceptors (Lipinski definition) is 10. The van der Waals surface area contributed by atoms with Crippen molar-refractivity contribution in [1.29, 1.82) is 0 Å². The van der Waals surface area contributed by atoms with Gasteiger partial charge in [0.25, 0.3) is 0 Å². The molecule has 0 fully saturated rings. The Labute approximate surface area is 191 Å². The van der Waals surface area contributed by atoms with Crippen molar-refractivity contribution in [3.05, 3.63) is 40.5 Å². The van der Waals surface area contributed by atoms with Gasteiger partial charge in [0.05, 0.1) is 10.7 Å². The van der Waals surface area contributed by atoms with Crippen LogP contribution >= 0.6 is 11.6 Å². The maximum Gasteiger partial charge on any atom is 0.322 e. The van der Waals surface area contributed by atoms with Gasteiger partial charge in [0.15, 0.2) is 0 Å². The van der Waals surface area contributed by atoms with Gasteiger partial charge in [-0.2, -0.15) is 15.0 Å². The van der Waals surface area contributed by atoms with E-state index in [0.29, 0.717) is 29.0 Å². The predicted octanol–water partition coefficient (Wildman–Crippen LogP) is 3.27. The Bertz CT molecular complexity index is 1050. The average molecular weight is 460 g/mol. The fourth-order valence-electron chi connectivity index (χ4n) is 2.90. The van der Waals surface area contributed by atoms with Crippen molar-refractivity contribution in [2.75, 3.05) is 42.1 Å². The number of hydrogen-bond donors (Lipinski definition) is 3. The van der Waals surface area contributed by atoms with E-state index < -0.39 is 5.91 Å². The number of carbonyl (C=O) groups is 1. The molecule has 170 valence electrons. The first-order valence-electron chi connectivity index (χ1n) is 10.3. The SMILES string of the molecule is CCN(CC)CCNc1nc(C)nc(Nc2nnc(C(=O)Nc3c(C)cccc3Cl)o2)n1. The molecular formula is C20H26ClN9O2. The minimum atomic E-state index is -0.577. The highest BCUT2D eigenvalue weighted by atomic mass is 35.5. The van der Waals surface area contributed by atoms with Crippen molar-refractivity contribution in [1.82, 2.24) is 30.0 Å². The predicted molar refractivity (Wildman–Crippen MR) is 123 cm³/mol. The molecule has 0 saturated carbocycles. The van der Waals surface area contributed by atoms with E-state index in [1.807, 2.05) is 13.0 Å². The normalized spacial score (nSPS) is 10.9. The average Bonchev–Trinajstić information content (AvgIpc) is 3.22. The molecule has 12 heteroatoms. The lowest BCUT2D eigenvalue weighted by Crippen LogP contribution is -2.29. The highest BCUT2D eigenvalue weighted by Gasteiger charge is 2.18. The Morgan fingerprint density at radius 2 is 1.84 bits per heavy atom. The second-order valence-electron chi connectivity index (χ2n) is 6.91. The van der Waals surface area contributed by atoms with Gasteiger partial charge in [-0.05, 0) is 38.6 Å². The number of amides is 1. The molecule has 0 atom stereocenters. The zero-order chi connectivity index (χ0) is 23.1. The third-order valence-corrected chi connectivity index (χ3v) is 4.97. The number of halogens is 1. The number of para-hydroxylation sites is 1. The Kier molecular flexibility index (Phi) is 7.90. The lowest BCUT2D eigenvalue weighted by Gasteiger charge is -2.18. The smallest absolute Gasteiger partial charge is 0.322 e. The molecule has 0 saturated heterocycles. The Morgan fingerprint density at radius 1 is 1.09 bits per heavy atom. The number of nitrogens with zero attached hydrogens (tertiary/aromatic N) is 6. The van der Waals surface area contributed by atoms with E-state index in [0.717, 1.165) is 25.2 Å². The van der Waals surface area contributed by atoms with Gasteiger partial charge >= 0.3 is 17.8 Å². The van der Waals surface area contributed by atoms with Crippen LogP contribution in [0.3, 0.4) is 0 Å². The number of anilines is 4. The number of likely N-dealkylation sites (N-methyl/N-ethyl adjacent to an activating group) is 1. The lowest BCUT2D eigenvalue weighted by atomic mass is 10.2. The van der Waals surface area contributed by atoms with Crippen LogP contribution in [0.4, 0.5) is 23.6 Å². The zero-order valence-electron chi connectivity index (χ0n) is 18.4. The van der Waals surface area contributed by atoms with E-state index in [9.17, 15) is 4.79 Å². The molecular weight excluding hydrogens is 434 g/mol. The standard InChI is InChI=1S/C20H26ClN9O2/c1-5-30(6-2)11-10-22-18-23-13(4)24-19(26-18)27-20-29-28-17(32-20)16(31)25-15-12(3)8-7-9-14(15)21/h7-9H,5-6,10-11H2,1-4H3,(H,25,31)(H2,22,23,24,26,27,29). The van der Waals surface area contributed by atoms with Crippen molar-refractivity contribution >= 4 is 41.1 Å². The number of benzene rings is 1. The molecule has 32 heavy (non-hydrogen) atoms. The van der Waals surface area contributed by atoms with Crippen molar-refractivity contribution < 1.29 is 9.21 Å². The molecule has 0 radical (unpaired) electrons. The summed E-state index contributed by atoms with van der Waals surface area (Å²) in [6.07, 6.45) is 0. The summed E-state index contributed by atoms with van der Waals surface area (Å²) in [5.41, 5.74) is 1.30. The van der Waals surface area contributed by atoms with Crippen molar-refractivity contribution in [2.45, 2.75) is 27.7 Å². The molecule has 3 rings (SSSR count). The van der Waals surface area contributed by atoms with Gasteiger partial charge in [-0.15, -0.1) is 5.10 Å². The number of carbonyl (C=O) groups excluding carboxylic acids is 1. The monoisotopic (exact) mass is 459 g/mol. The van der Waals surface area contributed by atoms with Crippen LogP contribution < -0.4 is 16.0 Å². The maximum atomic E-state index is 12.5. The third kappa shape index (κ3) is 6.11. The van der Waals surface area contributed by atoms with E-state index in [1.54, 1.807) is 19.1 Å². The molecule has 0 bridgehead atoms. The third-order valence-electron chi connectivity index (χ3n) is 4.65. The number of nitrogens with one attached hydrogen (secondary N) is 3. The largest absolute Gasteiger partial charge is 0.399 e. The van der Waals surface area contributed by atoms with E-state index in [4.69, 9.17) is 16.0 Å². The first kappa shape index (κ1) is 23.4. The number of aromatic nitrogens is 5. The molecule has 0 unspecified atom stereocenters. The van der Waals surface area contributed by atoms with Crippen LogP contribution in [0.15, 0.2) is 22.6 Å². The van der Waals surface area contributed by atoms with Crippen LogP contribution in [0.25, 0.3) is 0 Å². The number of aryl methyl sites for hydroxylation is 2. The highest BCUT2D eigenvalue weighted by Crippen LogP contribution is 2.25. The van der Waals surface area contributed by atoms with Crippen molar-refractivity contribution in [2.24, 2.45) is 0 Å². The van der Waals surface area contributed by atoms with Gasteiger partial charge in [0.1, 0.15) is 5.82 Å². The summed E-state index contributed by atoms with van der Waals surface area (Å²) in [7, 11) is 0. The van der Waals surface area contributed by atoms with Gasteiger partial charge in [0, 0.05) is 13.1 Å². The van der Waals surface area contributed by atoms with E-state index in [2.05, 4.69) is 59.8 Å². The van der Waals surface area contributed by atoms with E-state index in [1.165, 1.54) is 0 Å². The first-order chi connectivity index (χ1) is 15.4.